The molecule has 7 heteroatoms. The highest BCUT2D eigenvalue weighted by Gasteiger charge is 2.15. The number of hydrogen-bond donors (Lipinski definition) is 2. The largest absolute Gasteiger partial charge is 0.376 e. The van der Waals surface area contributed by atoms with Gasteiger partial charge in [0, 0.05) is 25.3 Å². The van der Waals surface area contributed by atoms with Crippen molar-refractivity contribution in [2.75, 3.05) is 18.5 Å². The Hall–Kier alpha value is -2.54. The minimum Gasteiger partial charge on any atom is -0.376 e. The highest BCUT2D eigenvalue weighted by molar-refractivity contribution is 5.91. The van der Waals surface area contributed by atoms with Gasteiger partial charge in [-0.05, 0) is 18.9 Å². The summed E-state index contributed by atoms with van der Waals surface area (Å²) in [5.74, 6) is -0.148. The van der Waals surface area contributed by atoms with Crippen LogP contribution in [-0.2, 0) is 11.3 Å². The van der Waals surface area contributed by atoms with Crippen molar-refractivity contribution in [3.05, 3.63) is 53.7 Å². The molecule has 0 aliphatic carbocycles. The maximum absolute atomic E-state index is 13.5. The molecule has 24 heavy (non-hydrogen) atoms. The first kappa shape index (κ1) is 16.3. The Kier molecular flexibility index (Phi) is 5.32. The van der Waals surface area contributed by atoms with Gasteiger partial charge in [0.05, 0.1) is 18.5 Å². The molecule has 1 aliphatic heterocycles. The number of anilines is 1. The summed E-state index contributed by atoms with van der Waals surface area (Å²) < 4.78 is 19.0. The molecule has 2 N–H and O–H groups in total. The van der Waals surface area contributed by atoms with Crippen LogP contribution in [0.25, 0.3) is 0 Å². The van der Waals surface area contributed by atoms with Gasteiger partial charge in [-0.2, -0.15) is 0 Å². The molecule has 1 amide bonds. The van der Waals surface area contributed by atoms with Crippen LogP contribution in [0, 0.1) is 5.82 Å². The molecular formula is C17H19FN4O2. The fourth-order valence-electron chi connectivity index (χ4n) is 2.47. The van der Waals surface area contributed by atoms with Crippen molar-refractivity contribution in [2.45, 2.75) is 25.5 Å². The molecule has 1 atom stereocenters. The topological polar surface area (TPSA) is 76.1 Å². The van der Waals surface area contributed by atoms with Crippen LogP contribution >= 0.6 is 0 Å². The van der Waals surface area contributed by atoms with E-state index in [1.807, 2.05) is 0 Å². The Morgan fingerprint density at radius 1 is 1.29 bits per heavy atom. The molecule has 1 aliphatic rings. The van der Waals surface area contributed by atoms with Gasteiger partial charge in [0.15, 0.2) is 0 Å². The zero-order valence-corrected chi connectivity index (χ0v) is 13.2. The number of halogens is 1. The molecule has 0 radical (unpaired) electrons. The van der Waals surface area contributed by atoms with Gasteiger partial charge in [-0.1, -0.05) is 18.2 Å². The smallest absolute Gasteiger partial charge is 0.271 e. The first-order valence-corrected chi connectivity index (χ1v) is 7.91. The summed E-state index contributed by atoms with van der Waals surface area (Å²) in [6, 6.07) is 6.31. The summed E-state index contributed by atoms with van der Waals surface area (Å²) in [7, 11) is 0. The predicted octanol–water partition coefficient (Wildman–Crippen LogP) is 2.14. The summed E-state index contributed by atoms with van der Waals surface area (Å²) in [6.07, 6.45) is 5.23. The summed E-state index contributed by atoms with van der Waals surface area (Å²) in [4.78, 5) is 20.3. The standard InChI is InChI=1S/C17H19FN4O2/c18-14-6-2-1-4-12(14)8-22-17(23)15-10-21-16(11-19-15)20-9-13-5-3-7-24-13/h1-2,4,6,10-11,13H,3,5,7-9H2,(H,20,21)(H,22,23). The van der Waals surface area contributed by atoms with E-state index in [0.717, 1.165) is 19.4 Å². The normalized spacial score (nSPS) is 16.8. The number of carbonyl (C=O) groups excluding carboxylic acids is 1. The Bertz CT molecular complexity index is 687. The van der Waals surface area contributed by atoms with E-state index in [1.165, 1.54) is 18.5 Å². The molecule has 2 heterocycles. The number of rotatable bonds is 6. The second kappa shape index (κ2) is 7.83. The third-order valence-electron chi connectivity index (χ3n) is 3.82. The molecule has 126 valence electrons. The minimum atomic E-state index is -0.392. The second-order valence-electron chi connectivity index (χ2n) is 5.58. The molecule has 3 rings (SSSR count). The molecule has 1 saturated heterocycles. The van der Waals surface area contributed by atoms with Crippen LogP contribution in [0.2, 0.25) is 0 Å². The lowest BCUT2D eigenvalue weighted by atomic mass is 10.2. The van der Waals surface area contributed by atoms with E-state index in [4.69, 9.17) is 4.74 Å². The van der Waals surface area contributed by atoms with Crippen molar-refractivity contribution in [3.63, 3.8) is 0 Å². The molecule has 1 unspecified atom stereocenters. The van der Waals surface area contributed by atoms with Gasteiger partial charge in [-0.25, -0.2) is 14.4 Å². The van der Waals surface area contributed by atoms with Gasteiger partial charge in [-0.3, -0.25) is 4.79 Å². The summed E-state index contributed by atoms with van der Waals surface area (Å²) in [6.45, 7) is 1.58. The van der Waals surface area contributed by atoms with E-state index < -0.39 is 5.91 Å². The third kappa shape index (κ3) is 4.26. The lowest BCUT2D eigenvalue weighted by Crippen LogP contribution is -2.25. The van der Waals surface area contributed by atoms with Crippen LogP contribution < -0.4 is 10.6 Å². The number of aromatic nitrogens is 2. The average molecular weight is 330 g/mol. The molecule has 0 saturated carbocycles. The van der Waals surface area contributed by atoms with Crippen LogP contribution in [0.3, 0.4) is 0 Å². The molecule has 0 spiro atoms. The SMILES string of the molecule is O=C(NCc1ccccc1F)c1cnc(NCC2CCCO2)cn1. The van der Waals surface area contributed by atoms with E-state index in [-0.39, 0.29) is 24.2 Å². The van der Waals surface area contributed by atoms with Crippen molar-refractivity contribution >= 4 is 11.7 Å². The quantitative estimate of drug-likeness (QED) is 0.849. The molecule has 1 aromatic carbocycles. The Balaban J connectivity index is 1.50. The lowest BCUT2D eigenvalue weighted by molar-refractivity contribution is 0.0945. The second-order valence-corrected chi connectivity index (χ2v) is 5.58. The number of carbonyl (C=O) groups is 1. The number of ether oxygens (including phenoxy) is 1. The van der Waals surface area contributed by atoms with E-state index in [9.17, 15) is 9.18 Å². The number of hydrogen-bond acceptors (Lipinski definition) is 5. The third-order valence-corrected chi connectivity index (χ3v) is 3.82. The molecule has 6 nitrogen and oxygen atoms in total. The van der Waals surface area contributed by atoms with E-state index in [2.05, 4.69) is 20.6 Å². The Labute approximate surface area is 139 Å². The van der Waals surface area contributed by atoms with Gasteiger partial charge in [0.1, 0.15) is 17.3 Å². The van der Waals surface area contributed by atoms with Crippen LogP contribution in [0.5, 0.6) is 0 Å². The van der Waals surface area contributed by atoms with E-state index >= 15 is 0 Å². The molecule has 2 aromatic rings. The number of benzene rings is 1. The highest BCUT2D eigenvalue weighted by atomic mass is 19.1. The Morgan fingerprint density at radius 2 is 2.17 bits per heavy atom. The van der Waals surface area contributed by atoms with Gasteiger partial charge in [-0.15, -0.1) is 0 Å². The lowest BCUT2D eigenvalue weighted by Gasteiger charge is -2.11. The van der Waals surface area contributed by atoms with Crippen molar-refractivity contribution in [3.8, 4) is 0 Å². The van der Waals surface area contributed by atoms with Crippen LogP contribution in [0.4, 0.5) is 10.2 Å². The fourth-order valence-corrected chi connectivity index (χ4v) is 2.47. The van der Waals surface area contributed by atoms with E-state index in [1.54, 1.807) is 18.2 Å². The Morgan fingerprint density at radius 3 is 2.88 bits per heavy atom. The van der Waals surface area contributed by atoms with Crippen molar-refractivity contribution in [1.29, 1.82) is 0 Å². The summed E-state index contributed by atoms with van der Waals surface area (Å²) >= 11 is 0. The first-order chi connectivity index (χ1) is 11.7. The number of nitrogens with zero attached hydrogens (tertiary/aromatic N) is 2. The fraction of sp³-hybridized carbons (Fsp3) is 0.353. The van der Waals surface area contributed by atoms with Gasteiger partial charge in [0.2, 0.25) is 0 Å². The van der Waals surface area contributed by atoms with Crippen LogP contribution in [0.1, 0.15) is 28.9 Å². The van der Waals surface area contributed by atoms with Gasteiger partial charge in [0.25, 0.3) is 5.91 Å². The molecular weight excluding hydrogens is 311 g/mol. The number of nitrogens with one attached hydrogen (secondary N) is 2. The summed E-state index contributed by atoms with van der Waals surface area (Å²) in [5, 5.41) is 5.77. The van der Waals surface area contributed by atoms with Gasteiger partial charge >= 0.3 is 0 Å². The number of amides is 1. The molecule has 1 aromatic heterocycles. The monoisotopic (exact) mass is 330 g/mol. The van der Waals surface area contributed by atoms with Crippen molar-refractivity contribution in [1.82, 2.24) is 15.3 Å². The van der Waals surface area contributed by atoms with Crippen molar-refractivity contribution in [2.24, 2.45) is 0 Å². The van der Waals surface area contributed by atoms with Crippen LogP contribution in [0.15, 0.2) is 36.7 Å². The average Bonchev–Trinajstić information content (AvgIpc) is 3.13. The zero-order chi connectivity index (χ0) is 16.8. The van der Waals surface area contributed by atoms with Crippen molar-refractivity contribution < 1.29 is 13.9 Å². The van der Waals surface area contributed by atoms with Crippen LogP contribution in [-0.4, -0.2) is 35.1 Å². The summed E-state index contributed by atoms with van der Waals surface area (Å²) in [5.41, 5.74) is 0.614. The van der Waals surface area contributed by atoms with Gasteiger partial charge < -0.3 is 15.4 Å². The zero-order valence-electron chi connectivity index (χ0n) is 13.2. The molecule has 0 bridgehead atoms. The predicted molar refractivity (Wildman–Crippen MR) is 87.1 cm³/mol. The maximum Gasteiger partial charge on any atom is 0.271 e. The maximum atomic E-state index is 13.5. The highest BCUT2D eigenvalue weighted by Crippen LogP contribution is 2.12. The molecule has 1 fully saturated rings. The minimum absolute atomic E-state index is 0.103. The first-order valence-electron chi connectivity index (χ1n) is 7.91. The van der Waals surface area contributed by atoms with E-state index in [0.29, 0.717) is 17.9 Å².